The third kappa shape index (κ3) is 5.97. The molecule has 2 N–H and O–H groups in total. The molecule has 1 fully saturated rings. The van der Waals surface area contributed by atoms with E-state index in [1.807, 2.05) is 41.3 Å². The summed E-state index contributed by atoms with van der Waals surface area (Å²) in [5, 5.41) is 4.84. The maximum absolute atomic E-state index is 13.0. The van der Waals surface area contributed by atoms with Gasteiger partial charge in [-0.05, 0) is 61.3 Å². The fourth-order valence-electron chi connectivity index (χ4n) is 4.83. The van der Waals surface area contributed by atoms with Crippen LogP contribution in [0.1, 0.15) is 24.0 Å². The number of pyridine rings is 1. The summed E-state index contributed by atoms with van der Waals surface area (Å²) in [5.74, 6) is 2.72. The van der Waals surface area contributed by atoms with Crippen molar-refractivity contribution in [3.63, 3.8) is 0 Å². The lowest BCUT2D eigenvalue weighted by Crippen LogP contribution is -2.44. The molecule has 0 amide bonds. The quantitative estimate of drug-likeness (QED) is 0.397. The molecule has 0 radical (unpaired) electrons. The number of aromatic nitrogens is 1. The molecular weight excluding hydrogens is 506 g/mol. The average molecular weight is 540 g/mol. The number of methoxy groups -OCH3 is 2. The lowest BCUT2D eigenvalue weighted by atomic mass is 10.1. The fraction of sp³-hybridized carbons (Fsp3) is 0.429. The van der Waals surface area contributed by atoms with E-state index in [1.165, 1.54) is 0 Å². The number of aromatic amines is 1. The molecule has 0 aliphatic carbocycles. The molecule has 9 nitrogen and oxygen atoms in total. The Bertz CT molecular complexity index is 1350. The van der Waals surface area contributed by atoms with Crippen LogP contribution in [-0.2, 0) is 17.7 Å². The maximum Gasteiger partial charge on any atom is 0.253 e. The topological polar surface area (TPSA) is 94.3 Å². The third-order valence-electron chi connectivity index (χ3n) is 6.82. The highest BCUT2D eigenvalue weighted by Crippen LogP contribution is 2.34. The number of H-pyrrole nitrogens is 1. The lowest BCUT2D eigenvalue weighted by molar-refractivity contribution is 0.0897. The van der Waals surface area contributed by atoms with Gasteiger partial charge in [-0.1, -0.05) is 6.07 Å². The van der Waals surface area contributed by atoms with Gasteiger partial charge in [-0.3, -0.25) is 4.79 Å². The van der Waals surface area contributed by atoms with Gasteiger partial charge in [0.1, 0.15) is 13.2 Å². The molecule has 3 aromatic rings. The van der Waals surface area contributed by atoms with E-state index in [0.717, 1.165) is 36.8 Å². The van der Waals surface area contributed by atoms with Crippen LogP contribution in [-0.4, -0.2) is 68.2 Å². The Morgan fingerprint density at radius 2 is 1.87 bits per heavy atom. The van der Waals surface area contributed by atoms with Gasteiger partial charge >= 0.3 is 0 Å². The summed E-state index contributed by atoms with van der Waals surface area (Å²) in [4.78, 5) is 18.1. The molecule has 2 aromatic carbocycles. The Morgan fingerprint density at radius 1 is 1.08 bits per heavy atom. The highest BCUT2D eigenvalue weighted by molar-refractivity contribution is 7.80. The van der Waals surface area contributed by atoms with Crippen LogP contribution < -0.4 is 29.8 Å². The molecule has 1 unspecified atom stereocenters. The molecule has 202 valence electrons. The van der Waals surface area contributed by atoms with Crippen molar-refractivity contribution in [1.82, 2.24) is 15.2 Å². The molecule has 2 aliphatic rings. The van der Waals surface area contributed by atoms with Gasteiger partial charge in [-0.2, -0.15) is 0 Å². The van der Waals surface area contributed by atoms with Gasteiger partial charge in [0.05, 0.1) is 32.4 Å². The summed E-state index contributed by atoms with van der Waals surface area (Å²) in [7, 11) is 3.25. The summed E-state index contributed by atoms with van der Waals surface area (Å²) >= 11 is 5.80. The minimum atomic E-state index is -0.153. The zero-order valence-electron chi connectivity index (χ0n) is 21.7. The zero-order valence-corrected chi connectivity index (χ0v) is 22.5. The van der Waals surface area contributed by atoms with Gasteiger partial charge in [0.2, 0.25) is 0 Å². The van der Waals surface area contributed by atoms with E-state index < -0.39 is 0 Å². The van der Waals surface area contributed by atoms with E-state index in [4.69, 9.17) is 35.9 Å². The number of hydrogen-bond acceptors (Lipinski definition) is 7. The number of rotatable bonds is 9. The van der Waals surface area contributed by atoms with Crippen molar-refractivity contribution in [1.29, 1.82) is 0 Å². The minimum absolute atomic E-state index is 0.0812. The van der Waals surface area contributed by atoms with Gasteiger partial charge in [0.25, 0.3) is 5.56 Å². The number of benzene rings is 2. The highest BCUT2D eigenvalue weighted by atomic mass is 32.1. The molecule has 1 aromatic heterocycles. The van der Waals surface area contributed by atoms with Crippen molar-refractivity contribution in [3.8, 4) is 23.0 Å². The lowest BCUT2D eigenvalue weighted by Gasteiger charge is -2.28. The number of ether oxygens (including phenoxy) is 5. The molecule has 0 bridgehead atoms. The van der Waals surface area contributed by atoms with E-state index in [-0.39, 0.29) is 11.7 Å². The first-order valence-electron chi connectivity index (χ1n) is 12.8. The molecule has 0 saturated carbocycles. The van der Waals surface area contributed by atoms with Crippen molar-refractivity contribution >= 4 is 28.2 Å². The van der Waals surface area contributed by atoms with E-state index in [0.29, 0.717) is 72.0 Å². The Kier molecular flexibility index (Phi) is 8.19. The van der Waals surface area contributed by atoms with E-state index >= 15 is 0 Å². The second kappa shape index (κ2) is 11.9. The molecule has 0 spiro atoms. The Hall–Kier alpha value is -3.50. The molecule has 1 atom stereocenters. The normalized spacial score (nSPS) is 16.3. The van der Waals surface area contributed by atoms with Crippen LogP contribution in [0.2, 0.25) is 0 Å². The average Bonchev–Trinajstić information content (AvgIpc) is 3.45. The molecule has 1 saturated heterocycles. The number of hydrogen-bond donors (Lipinski definition) is 2. The number of thiocarbonyl (C=S) groups is 1. The fourth-order valence-corrected chi connectivity index (χ4v) is 5.07. The second-order valence-corrected chi connectivity index (χ2v) is 9.78. The molecule has 5 rings (SSSR count). The predicted molar refractivity (Wildman–Crippen MR) is 149 cm³/mol. The van der Waals surface area contributed by atoms with Crippen molar-refractivity contribution < 1.29 is 23.7 Å². The van der Waals surface area contributed by atoms with Crippen LogP contribution in [0.25, 0.3) is 10.9 Å². The van der Waals surface area contributed by atoms with Crippen molar-refractivity contribution in [2.24, 2.45) is 0 Å². The van der Waals surface area contributed by atoms with E-state index in [2.05, 4.69) is 10.3 Å². The number of nitrogens with zero attached hydrogens (tertiary/aromatic N) is 1. The van der Waals surface area contributed by atoms with E-state index in [9.17, 15) is 4.79 Å². The van der Waals surface area contributed by atoms with Crippen molar-refractivity contribution in [3.05, 3.63) is 57.9 Å². The summed E-state index contributed by atoms with van der Waals surface area (Å²) in [5.41, 5.74) is 2.28. The van der Waals surface area contributed by atoms with Crippen molar-refractivity contribution in [2.45, 2.75) is 31.9 Å². The second-order valence-electron chi connectivity index (χ2n) is 9.39. The zero-order chi connectivity index (χ0) is 26.5. The Labute approximate surface area is 227 Å². The summed E-state index contributed by atoms with van der Waals surface area (Å²) in [6.45, 7) is 3.36. The van der Waals surface area contributed by atoms with Gasteiger partial charge < -0.3 is 38.9 Å². The summed E-state index contributed by atoms with van der Waals surface area (Å²) < 4.78 is 28.0. The standard InChI is InChI=1S/C28H33N3O6S/c1-33-23-6-5-18(12-24(23)34-2)7-8-29-28(38)31(17-21-4-3-9-35-21)16-20-13-19-14-25-26(37-11-10-36-25)15-22(19)30-27(20)32/h5-6,12-15,21H,3-4,7-11,16-17H2,1-2H3,(H,29,38)(H,30,32). The first-order chi connectivity index (χ1) is 18.5. The van der Waals surface area contributed by atoms with Crippen molar-refractivity contribution in [2.75, 3.05) is 47.1 Å². The first-order valence-corrected chi connectivity index (χ1v) is 13.3. The van der Waals surface area contributed by atoms with Crippen LogP contribution >= 0.6 is 12.2 Å². The van der Waals surface area contributed by atoms with Crippen LogP contribution in [0.5, 0.6) is 23.0 Å². The number of nitrogens with one attached hydrogen (secondary N) is 2. The van der Waals surface area contributed by atoms with Gasteiger partial charge in [-0.25, -0.2) is 0 Å². The van der Waals surface area contributed by atoms with Crippen LogP contribution in [0, 0.1) is 0 Å². The predicted octanol–water partition coefficient (Wildman–Crippen LogP) is 3.41. The van der Waals surface area contributed by atoms with Gasteiger partial charge in [0.15, 0.2) is 28.1 Å². The Morgan fingerprint density at radius 3 is 2.61 bits per heavy atom. The van der Waals surface area contributed by atoms with Crippen LogP contribution in [0.15, 0.2) is 41.2 Å². The minimum Gasteiger partial charge on any atom is -0.493 e. The molecule has 10 heteroatoms. The molecule has 3 heterocycles. The molecular formula is C28H33N3O6S. The first kappa shape index (κ1) is 26.1. The van der Waals surface area contributed by atoms with Crippen LogP contribution in [0.4, 0.5) is 0 Å². The number of fused-ring (bicyclic) bond motifs is 2. The van der Waals surface area contributed by atoms with E-state index in [1.54, 1.807) is 14.2 Å². The molecule has 38 heavy (non-hydrogen) atoms. The SMILES string of the molecule is COc1ccc(CCNC(=S)N(Cc2cc3cc4c(cc3[nH]c2=O)OCCO4)CC2CCCO2)cc1OC. The third-order valence-corrected chi connectivity index (χ3v) is 7.22. The monoisotopic (exact) mass is 539 g/mol. The summed E-state index contributed by atoms with van der Waals surface area (Å²) in [6.07, 6.45) is 2.83. The highest BCUT2D eigenvalue weighted by Gasteiger charge is 2.22. The maximum atomic E-state index is 13.0. The van der Waals surface area contributed by atoms with Crippen LogP contribution in [0.3, 0.4) is 0 Å². The smallest absolute Gasteiger partial charge is 0.253 e. The molecule has 2 aliphatic heterocycles. The van der Waals surface area contributed by atoms with Gasteiger partial charge in [-0.15, -0.1) is 0 Å². The summed E-state index contributed by atoms with van der Waals surface area (Å²) in [6, 6.07) is 11.5. The largest absolute Gasteiger partial charge is 0.493 e. The van der Waals surface area contributed by atoms with Gasteiger partial charge in [0, 0.05) is 36.7 Å². The Balaban J connectivity index is 1.30.